The summed E-state index contributed by atoms with van der Waals surface area (Å²) in [6, 6.07) is 4.96. The largest absolute Gasteiger partial charge is 0.462 e. The van der Waals surface area contributed by atoms with Crippen LogP contribution in [0, 0.1) is 19.8 Å². The Labute approximate surface area is 182 Å². The van der Waals surface area contributed by atoms with E-state index in [0.29, 0.717) is 12.2 Å². The van der Waals surface area contributed by atoms with Crippen LogP contribution in [0.4, 0.5) is 0 Å². The van der Waals surface area contributed by atoms with Crippen LogP contribution in [0.15, 0.2) is 18.2 Å². The molecule has 1 aromatic carbocycles. The highest BCUT2D eigenvalue weighted by Crippen LogP contribution is 2.33. The van der Waals surface area contributed by atoms with Gasteiger partial charge in [-0.15, -0.1) is 0 Å². The SMILES string of the molecule is Cc1cc(C)c(C(=O)OCC[Si](C)(C)C)c(/C=C/C(C)C2OC(C)(C)OC2CO)c1. The first-order valence-corrected chi connectivity index (χ1v) is 14.5. The topological polar surface area (TPSA) is 65.0 Å². The molecule has 0 spiro atoms. The van der Waals surface area contributed by atoms with Crippen LogP contribution < -0.4 is 0 Å². The minimum Gasteiger partial charge on any atom is -0.462 e. The van der Waals surface area contributed by atoms with E-state index in [-0.39, 0.29) is 30.7 Å². The standard InChI is InChI=1S/C24H38O5Si/c1-16-13-18(3)21(23(26)27-11-12-30(6,7)8)19(14-16)10-9-17(2)22-20(15-25)28-24(4,5)29-22/h9-10,13-14,17,20,22,25H,11-12,15H2,1-8H3/b10-9+. The van der Waals surface area contributed by atoms with Crippen molar-refractivity contribution in [1.29, 1.82) is 0 Å². The molecule has 30 heavy (non-hydrogen) atoms. The van der Waals surface area contributed by atoms with Crippen molar-refractivity contribution in [3.8, 4) is 0 Å². The molecule has 1 saturated heterocycles. The Bertz CT molecular complexity index is 779. The van der Waals surface area contributed by atoms with Gasteiger partial charge in [0.05, 0.1) is 24.9 Å². The second kappa shape index (κ2) is 9.77. The van der Waals surface area contributed by atoms with Gasteiger partial charge in [-0.1, -0.05) is 56.4 Å². The van der Waals surface area contributed by atoms with Crippen molar-refractivity contribution >= 4 is 20.1 Å². The van der Waals surface area contributed by atoms with E-state index in [1.165, 1.54) is 0 Å². The zero-order valence-electron chi connectivity index (χ0n) is 19.7. The zero-order valence-corrected chi connectivity index (χ0v) is 20.7. The first-order chi connectivity index (χ1) is 13.8. The smallest absolute Gasteiger partial charge is 0.338 e. The van der Waals surface area contributed by atoms with E-state index >= 15 is 0 Å². The van der Waals surface area contributed by atoms with E-state index in [0.717, 1.165) is 22.7 Å². The highest BCUT2D eigenvalue weighted by Gasteiger charge is 2.42. The van der Waals surface area contributed by atoms with Gasteiger partial charge in [-0.25, -0.2) is 4.79 Å². The molecular weight excluding hydrogens is 396 g/mol. The highest BCUT2D eigenvalue weighted by atomic mass is 28.3. The Morgan fingerprint density at radius 1 is 1.27 bits per heavy atom. The Hall–Kier alpha value is -1.47. The maximum Gasteiger partial charge on any atom is 0.338 e. The number of carbonyl (C=O) groups is 1. The fourth-order valence-electron chi connectivity index (χ4n) is 3.75. The van der Waals surface area contributed by atoms with Gasteiger partial charge in [0, 0.05) is 14.0 Å². The third kappa shape index (κ3) is 6.77. The van der Waals surface area contributed by atoms with Crippen LogP contribution >= 0.6 is 0 Å². The molecule has 6 heteroatoms. The maximum atomic E-state index is 12.8. The van der Waals surface area contributed by atoms with Crippen LogP contribution in [-0.2, 0) is 14.2 Å². The monoisotopic (exact) mass is 434 g/mol. The number of aliphatic hydroxyl groups is 1. The second-order valence-corrected chi connectivity index (χ2v) is 15.7. The van der Waals surface area contributed by atoms with Crippen molar-refractivity contribution in [2.24, 2.45) is 5.92 Å². The van der Waals surface area contributed by atoms with Crippen LogP contribution in [0.1, 0.15) is 47.8 Å². The van der Waals surface area contributed by atoms with Gasteiger partial charge in [0.15, 0.2) is 5.79 Å². The number of hydrogen-bond acceptors (Lipinski definition) is 5. The lowest BCUT2D eigenvalue weighted by atomic mass is 9.95. The first kappa shape index (κ1) is 24.8. The number of carbonyl (C=O) groups excluding carboxylic acids is 1. The molecule has 1 fully saturated rings. The van der Waals surface area contributed by atoms with Crippen LogP contribution in [0.5, 0.6) is 0 Å². The van der Waals surface area contributed by atoms with E-state index < -0.39 is 13.9 Å². The summed E-state index contributed by atoms with van der Waals surface area (Å²) in [6.07, 6.45) is 3.36. The Kier molecular flexibility index (Phi) is 8.07. The number of aryl methyl sites for hydroxylation is 2. The number of aliphatic hydroxyl groups excluding tert-OH is 1. The third-order valence-electron chi connectivity index (χ3n) is 5.30. The molecule has 1 aliphatic heterocycles. The Morgan fingerprint density at radius 2 is 1.93 bits per heavy atom. The average Bonchev–Trinajstić information content (AvgIpc) is 2.92. The molecule has 5 nitrogen and oxygen atoms in total. The summed E-state index contributed by atoms with van der Waals surface area (Å²) in [5.41, 5.74) is 3.46. The molecule has 1 N–H and O–H groups in total. The number of ether oxygens (including phenoxy) is 3. The van der Waals surface area contributed by atoms with Gasteiger partial charge in [0.2, 0.25) is 0 Å². The molecular formula is C24H38O5Si. The highest BCUT2D eigenvalue weighted by molar-refractivity contribution is 6.76. The van der Waals surface area contributed by atoms with Gasteiger partial charge in [-0.3, -0.25) is 0 Å². The van der Waals surface area contributed by atoms with Crippen molar-refractivity contribution in [2.45, 2.75) is 78.3 Å². The molecule has 0 radical (unpaired) electrons. The average molecular weight is 435 g/mol. The maximum absolute atomic E-state index is 12.8. The first-order valence-electron chi connectivity index (χ1n) is 10.8. The molecule has 3 unspecified atom stereocenters. The predicted molar refractivity (Wildman–Crippen MR) is 123 cm³/mol. The molecule has 0 aromatic heterocycles. The molecule has 2 rings (SSSR count). The van der Waals surface area contributed by atoms with Crippen molar-refractivity contribution < 1.29 is 24.1 Å². The van der Waals surface area contributed by atoms with Gasteiger partial charge in [-0.2, -0.15) is 0 Å². The Morgan fingerprint density at radius 3 is 2.53 bits per heavy atom. The van der Waals surface area contributed by atoms with E-state index in [2.05, 4.69) is 19.6 Å². The fraction of sp³-hybridized carbons (Fsp3) is 0.625. The molecule has 0 aliphatic carbocycles. The summed E-state index contributed by atoms with van der Waals surface area (Å²) in [5, 5.41) is 9.64. The lowest BCUT2D eigenvalue weighted by Crippen LogP contribution is -2.31. The molecule has 1 aromatic rings. The van der Waals surface area contributed by atoms with E-state index in [1.807, 2.05) is 58.9 Å². The van der Waals surface area contributed by atoms with Gasteiger partial charge < -0.3 is 19.3 Å². The quantitative estimate of drug-likeness (QED) is 0.463. The van der Waals surface area contributed by atoms with Crippen LogP contribution in [0.3, 0.4) is 0 Å². The van der Waals surface area contributed by atoms with Crippen molar-refractivity contribution in [3.63, 3.8) is 0 Å². The molecule has 0 amide bonds. The van der Waals surface area contributed by atoms with Gasteiger partial charge >= 0.3 is 5.97 Å². The minimum atomic E-state index is -1.27. The van der Waals surface area contributed by atoms with Gasteiger partial charge in [-0.05, 0) is 44.9 Å². The summed E-state index contributed by atoms with van der Waals surface area (Å²) in [7, 11) is -1.27. The fourth-order valence-corrected chi connectivity index (χ4v) is 4.46. The predicted octanol–water partition coefficient (Wildman–Crippen LogP) is 4.96. The van der Waals surface area contributed by atoms with E-state index in [1.54, 1.807) is 0 Å². The second-order valence-electron chi connectivity index (χ2n) is 10.0. The number of benzene rings is 1. The summed E-state index contributed by atoms with van der Waals surface area (Å²) in [6.45, 7) is 16.9. The minimum absolute atomic E-state index is 0.000467. The van der Waals surface area contributed by atoms with Gasteiger partial charge in [0.1, 0.15) is 6.10 Å². The lowest BCUT2D eigenvalue weighted by Gasteiger charge is -2.20. The van der Waals surface area contributed by atoms with E-state index in [4.69, 9.17) is 14.2 Å². The van der Waals surface area contributed by atoms with Crippen LogP contribution in [0.2, 0.25) is 25.7 Å². The zero-order chi connectivity index (χ0) is 22.7. The molecule has 1 aliphatic rings. The normalized spacial score (nSPS) is 22.4. The summed E-state index contributed by atoms with van der Waals surface area (Å²) < 4.78 is 17.4. The molecule has 0 bridgehead atoms. The number of rotatable bonds is 8. The summed E-state index contributed by atoms with van der Waals surface area (Å²) in [4.78, 5) is 12.8. The summed E-state index contributed by atoms with van der Waals surface area (Å²) >= 11 is 0. The molecule has 1 heterocycles. The van der Waals surface area contributed by atoms with Crippen molar-refractivity contribution in [3.05, 3.63) is 40.5 Å². The lowest BCUT2D eigenvalue weighted by molar-refractivity contribution is -0.151. The van der Waals surface area contributed by atoms with Gasteiger partial charge in [0.25, 0.3) is 0 Å². The van der Waals surface area contributed by atoms with E-state index in [9.17, 15) is 9.90 Å². The van der Waals surface area contributed by atoms with Crippen molar-refractivity contribution in [2.75, 3.05) is 13.2 Å². The Balaban J connectivity index is 2.21. The van der Waals surface area contributed by atoms with Crippen molar-refractivity contribution in [1.82, 2.24) is 0 Å². The van der Waals surface area contributed by atoms with Crippen LogP contribution in [-0.4, -0.2) is 50.4 Å². The number of hydrogen-bond donors (Lipinski definition) is 1. The third-order valence-corrected chi connectivity index (χ3v) is 7.00. The number of esters is 1. The molecule has 168 valence electrons. The molecule has 3 atom stereocenters. The summed E-state index contributed by atoms with van der Waals surface area (Å²) in [5.74, 6) is -0.987. The van der Waals surface area contributed by atoms with Crippen LogP contribution in [0.25, 0.3) is 6.08 Å². The molecule has 0 saturated carbocycles.